The van der Waals surface area contributed by atoms with Gasteiger partial charge >= 0.3 is 35.4 Å². The molecule has 0 aliphatic carbocycles. The van der Waals surface area contributed by atoms with Gasteiger partial charge in [0.05, 0.1) is 0 Å². The summed E-state index contributed by atoms with van der Waals surface area (Å²) in [6.07, 6.45) is 0. The average molecular weight is 254 g/mol. The van der Waals surface area contributed by atoms with Crippen molar-refractivity contribution >= 4 is 35.4 Å². The first-order valence-electron chi connectivity index (χ1n) is 3.35. The number of hydrogen-bond acceptors (Lipinski definition) is 9. The van der Waals surface area contributed by atoms with Gasteiger partial charge in [0.1, 0.15) is 0 Å². The molecule has 0 spiro atoms. The van der Waals surface area contributed by atoms with Crippen LogP contribution in [0.1, 0.15) is 0 Å². The molecule has 0 rings (SSSR count). The van der Waals surface area contributed by atoms with E-state index in [1.165, 1.54) is 0 Å². The fourth-order valence-electron chi connectivity index (χ4n) is 0.414. The Hall–Kier alpha value is -2.72. The lowest BCUT2D eigenvalue weighted by Crippen LogP contribution is -2.33. The zero-order valence-corrected chi connectivity index (χ0v) is 7.43. The Balaban J connectivity index is 4.56. The van der Waals surface area contributed by atoms with E-state index >= 15 is 0 Å². The molecule has 9 nitrogen and oxygen atoms in total. The van der Waals surface area contributed by atoms with E-state index in [9.17, 15) is 37.8 Å². The highest BCUT2D eigenvalue weighted by Gasteiger charge is 2.34. The van der Waals surface area contributed by atoms with Crippen molar-refractivity contribution < 1.29 is 52.4 Å². The Bertz CT molecular complexity index is 374. The van der Waals surface area contributed by atoms with Gasteiger partial charge in [-0.15, -0.1) is 0 Å². The molecule has 0 heterocycles. The minimum Gasteiger partial charge on any atom is -0.380 e. The number of Topliss-reactive ketones (excluding diaryl/α,β-unsaturated/α-hetero) is 2. The van der Waals surface area contributed by atoms with Crippen LogP contribution in [-0.2, 0) is 43.4 Å². The molecule has 0 amide bonds. The van der Waals surface area contributed by atoms with Gasteiger partial charge in [-0.3, -0.25) is 9.59 Å². The van der Waals surface area contributed by atoms with Crippen LogP contribution < -0.4 is 0 Å². The van der Waals surface area contributed by atoms with Crippen LogP contribution in [-0.4, -0.2) is 35.4 Å². The lowest BCUT2D eigenvalue weighted by atomic mass is 10.4. The van der Waals surface area contributed by atoms with E-state index in [4.69, 9.17) is 0 Å². The fraction of sp³-hybridized carbons (Fsp3) is 0. The Morgan fingerprint density at radius 1 is 0.588 bits per heavy atom. The topological polar surface area (TPSA) is 130 Å². The van der Waals surface area contributed by atoms with E-state index in [1.54, 1.807) is 0 Å². The summed E-state index contributed by atoms with van der Waals surface area (Å²) < 4.78 is 25.6. The monoisotopic (exact) mass is 254 g/mol. The summed E-state index contributed by atoms with van der Waals surface area (Å²) in [5.74, 6) is -13.7. The van der Waals surface area contributed by atoms with Crippen LogP contribution in [0.2, 0.25) is 0 Å². The van der Waals surface area contributed by atoms with Crippen molar-refractivity contribution in [2.24, 2.45) is 0 Å². The van der Waals surface area contributed by atoms with E-state index in [2.05, 4.69) is 14.6 Å². The standard InChI is InChI=1S/C6F2O9/c7-16-5(13)1(9)3(11)15-4(12)2(10)6(14)17-8. The third kappa shape index (κ3) is 3.73. The van der Waals surface area contributed by atoms with Gasteiger partial charge in [0.15, 0.2) is 0 Å². The SMILES string of the molecule is O=C(OF)C(=O)C(=O)OC(=O)C(=O)C(=O)OF. The molecule has 0 saturated heterocycles. The summed E-state index contributed by atoms with van der Waals surface area (Å²) in [4.78, 5) is 66.7. The molecule has 11 heteroatoms. The second-order valence-corrected chi connectivity index (χ2v) is 2.06. The van der Waals surface area contributed by atoms with E-state index in [0.717, 1.165) is 0 Å². The molecule has 0 bridgehead atoms. The Kier molecular flexibility index (Phi) is 5.03. The predicted octanol–water partition coefficient (Wildman–Crippen LogP) is -1.95. The number of ketones is 2. The third-order valence-electron chi connectivity index (χ3n) is 1.07. The van der Waals surface area contributed by atoms with Crippen LogP contribution in [0.3, 0.4) is 0 Å². The van der Waals surface area contributed by atoms with Crippen LogP contribution >= 0.6 is 0 Å². The average Bonchev–Trinajstić information content (AvgIpc) is 2.34. The first kappa shape index (κ1) is 14.3. The maximum atomic E-state index is 11.1. The quantitative estimate of drug-likeness (QED) is 0.319. The highest BCUT2D eigenvalue weighted by Crippen LogP contribution is 1.91. The van der Waals surface area contributed by atoms with Gasteiger partial charge in [0, 0.05) is 9.05 Å². The van der Waals surface area contributed by atoms with Crippen LogP contribution in [0.5, 0.6) is 0 Å². The molecule has 0 radical (unpaired) electrons. The second kappa shape index (κ2) is 5.99. The van der Waals surface area contributed by atoms with E-state index in [1.807, 2.05) is 0 Å². The van der Waals surface area contributed by atoms with Crippen LogP contribution in [0, 0.1) is 0 Å². The van der Waals surface area contributed by atoms with Gasteiger partial charge in [-0.25, -0.2) is 29.1 Å². The summed E-state index contributed by atoms with van der Waals surface area (Å²) in [5.41, 5.74) is 0. The minimum absolute atomic E-state index is 2.26. The molecule has 0 aliphatic rings. The number of halogens is 2. The molecule has 0 aliphatic heterocycles. The number of ether oxygens (including phenoxy) is 1. The van der Waals surface area contributed by atoms with Gasteiger partial charge in [0.2, 0.25) is 0 Å². The molecule has 17 heavy (non-hydrogen) atoms. The van der Waals surface area contributed by atoms with Gasteiger partial charge < -0.3 is 4.74 Å². The maximum Gasteiger partial charge on any atom is 0.426 e. The smallest absolute Gasteiger partial charge is 0.380 e. The van der Waals surface area contributed by atoms with Gasteiger partial charge in [-0.05, 0) is 0 Å². The van der Waals surface area contributed by atoms with Crippen molar-refractivity contribution in [3.8, 4) is 0 Å². The number of hydrogen-bond donors (Lipinski definition) is 0. The second-order valence-electron chi connectivity index (χ2n) is 2.06. The van der Waals surface area contributed by atoms with Crippen molar-refractivity contribution in [3.05, 3.63) is 0 Å². The molecular weight excluding hydrogens is 254 g/mol. The Labute approximate surface area is 89.0 Å². The van der Waals surface area contributed by atoms with Crippen molar-refractivity contribution in [1.29, 1.82) is 0 Å². The van der Waals surface area contributed by atoms with E-state index < -0.39 is 35.4 Å². The van der Waals surface area contributed by atoms with E-state index in [-0.39, 0.29) is 0 Å². The first-order chi connectivity index (χ1) is 7.84. The Morgan fingerprint density at radius 2 is 0.882 bits per heavy atom. The molecule has 0 aromatic carbocycles. The van der Waals surface area contributed by atoms with Crippen molar-refractivity contribution in [2.75, 3.05) is 0 Å². The summed E-state index contributed by atoms with van der Waals surface area (Å²) >= 11 is 0. The van der Waals surface area contributed by atoms with Crippen LogP contribution in [0.4, 0.5) is 9.05 Å². The molecule has 0 N–H and O–H groups in total. The molecule has 92 valence electrons. The largest absolute Gasteiger partial charge is 0.426 e. The minimum atomic E-state index is -2.32. The normalized spacial score (nSPS) is 8.82. The summed E-state index contributed by atoms with van der Waals surface area (Å²) in [6.45, 7) is 0. The highest BCUT2D eigenvalue weighted by molar-refractivity contribution is 6.65. The maximum absolute atomic E-state index is 11.1. The molecule has 0 unspecified atom stereocenters. The van der Waals surface area contributed by atoms with Gasteiger partial charge in [0.25, 0.3) is 0 Å². The first-order valence-corrected chi connectivity index (χ1v) is 3.35. The van der Waals surface area contributed by atoms with Crippen molar-refractivity contribution in [2.45, 2.75) is 0 Å². The lowest BCUT2D eigenvalue weighted by molar-refractivity contribution is -0.191. The van der Waals surface area contributed by atoms with Crippen LogP contribution in [0.15, 0.2) is 0 Å². The van der Waals surface area contributed by atoms with Crippen LogP contribution in [0.25, 0.3) is 0 Å². The zero-order chi connectivity index (χ0) is 13.6. The number of rotatable bonds is 4. The number of carbonyl (C=O) groups is 6. The highest BCUT2D eigenvalue weighted by atomic mass is 19.3. The summed E-state index contributed by atoms with van der Waals surface area (Å²) in [7, 11) is 0. The molecule has 0 aromatic heterocycles. The van der Waals surface area contributed by atoms with Gasteiger partial charge in [-0.2, -0.15) is 0 Å². The number of esters is 2. The van der Waals surface area contributed by atoms with Crippen molar-refractivity contribution in [3.63, 3.8) is 0 Å². The molecular formula is C6F2O9. The Morgan fingerprint density at radius 3 is 1.12 bits per heavy atom. The van der Waals surface area contributed by atoms with E-state index in [0.29, 0.717) is 0 Å². The summed E-state index contributed by atoms with van der Waals surface area (Å²) in [6, 6.07) is 0. The molecule has 0 fully saturated rings. The molecule has 0 aromatic rings. The predicted molar refractivity (Wildman–Crippen MR) is 35.5 cm³/mol. The van der Waals surface area contributed by atoms with Gasteiger partial charge in [-0.1, -0.05) is 0 Å². The fourth-order valence-corrected chi connectivity index (χ4v) is 0.414. The number of carbonyl (C=O) groups excluding carboxylic acids is 6. The molecule has 0 atom stereocenters. The van der Waals surface area contributed by atoms with Crippen molar-refractivity contribution in [1.82, 2.24) is 0 Å². The summed E-state index contributed by atoms with van der Waals surface area (Å²) in [5, 5.41) is 0. The zero-order valence-electron chi connectivity index (χ0n) is 7.43. The third-order valence-corrected chi connectivity index (χ3v) is 1.07. The molecule has 0 saturated carbocycles. The lowest BCUT2D eigenvalue weighted by Gasteiger charge is -1.96.